The lowest BCUT2D eigenvalue weighted by Gasteiger charge is -2.12. The van der Waals surface area contributed by atoms with Crippen molar-refractivity contribution < 1.29 is 4.79 Å². The highest BCUT2D eigenvalue weighted by Gasteiger charge is 2.24. The third kappa shape index (κ3) is 3.34. The number of hydrogen-bond donors (Lipinski definition) is 0. The Hall–Kier alpha value is -1.63. The van der Waals surface area contributed by atoms with Crippen LogP contribution in [-0.4, -0.2) is 5.78 Å². The molecule has 0 fully saturated rings. The lowest BCUT2D eigenvalue weighted by molar-refractivity contribution is 0.0978. The van der Waals surface area contributed by atoms with Gasteiger partial charge in [-0.15, -0.1) is 0 Å². The van der Waals surface area contributed by atoms with Crippen molar-refractivity contribution in [3.8, 4) is 6.07 Å². The molecule has 2 rings (SSSR count). The number of hydrogen-bond acceptors (Lipinski definition) is 2. The molecule has 0 aliphatic rings. The molecular formula is C17H13BrClNO. The third-order valence-corrected chi connectivity index (χ3v) is 4.38. The molecule has 2 aromatic rings. The lowest BCUT2D eigenvalue weighted by atomic mass is 9.90. The second-order valence-electron chi connectivity index (χ2n) is 4.89. The molecule has 0 aliphatic carbocycles. The van der Waals surface area contributed by atoms with E-state index in [2.05, 4.69) is 22.0 Å². The van der Waals surface area contributed by atoms with Crippen molar-refractivity contribution in [2.24, 2.45) is 0 Å². The highest BCUT2D eigenvalue weighted by molar-refractivity contribution is 9.10. The first-order valence-corrected chi connectivity index (χ1v) is 7.57. The quantitative estimate of drug-likeness (QED) is 0.703. The Balaban J connectivity index is 2.46. The van der Waals surface area contributed by atoms with Crippen LogP contribution in [0.5, 0.6) is 0 Å². The molecule has 1 unspecified atom stereocenters. The Morgan fingerprint density at radius 1 is 1.19 bits per heavy atom. The van der Waals surface area contributed by atoms with Crippen molar-refractivity contribution >= 4 is 33.3 Å². The molecule has 0 bridgehead atoms. The number of nitriles is 1. The van der Waals surface area contributed by atoms with E-state index in [9.17, 15) is 10.1 Å². The number of Topliss-reactive ketones (excluding diaryl/α,β-unsaturated/α-hetero) is 1. The fourth-order valence-electron chi connectivity index (χ4n) is 2.07. The molecule has 4 heteroatoms. The summed E-state index contributed by atoms with van der Waals surface area (Å²) in [6.45, 7) is 3.96. The van der Waals surface area contributed by atoms with Gasteiger partial charge in [0.25, 0.3) is 0 Å². The number of benzene rings is 2. The van der Waals surface area contributed by atoms with Gasteiger partial charge in [0.05, 0.1) is 6.07 Å². The molecule has 0 spiro atoms. The van der Waals surface area contributed by atoms with Crippen molar-refractivity contribution in [2.45, 2.75) is 19.8 Å². The van der Waals surface area contributed by atoms with Crippen LogP contribution in [0.2, 0.25) is 5.02 Å². The van der Waals surface area contributed by atoms with Crippen LogP contribution >= 0.6 is 27.5 Å². The molecule has 0 aliphatic heterocycles. The minimum atomic E-state index is -0.834. The number of carbonyl (C=O) groups excluding carboxylic acids is 1. The van der Waals surface area contributed by atoms with E-state index in [0.29, 0.717) is 20.6 Å². The molecule has 0 saturated heterocycles. The van der Waals surface area contributed by atoms with Gasteiger partial charge in [0, 0.05) is 15.1 Å². The number of nitrogens with zero attached hydrogens (tertiary/aromatic N) is 1. The summed E-state index contributed by atoms with van der Waals surface area (Å²) in [5.41, 5.74) is 3.32. The van der Waals surface area contributed by atoms with E-state index in [1.54, 1.807) is 18.2 Å². The molecule has 0 heterocycles. The zero-order chi connectivity index (χ0) is 15.6. The first-order chi connectivity index (χ1) is 9.93. The van der Waals surface area contributed by atoms with Crippen molar-refractivity contribution in [1.29, 1.82) is 5.26 Å². The molecule has 0 N–H and O–H groups in total. The molecule has 0 saturated carbocycles. The molecule has 106 valence electrons. The Morgan fingerprint density at radius 2 is 1.90 bits per heavy atom. The smallest absolute Gasteiger partial charge is 0.185 e. The summed E-state index contributed by atoms with van der Waals surface area (Å²) in [7, 11) is 0. The van der Waals surface area contributed by atoms with E-state index in [4.69, 9.17) is 11.6 Å². The SMILES string of the molecule is Cc1ccc(C(C#N)C(=O)c2cc(Cl)ccc2Br)cc1C. The largest absolute Gasteiger partial charge is 0.292 e. The molecule has 2 aromatic carbocycles. The predicted molar refractivity (Wildman–Crippen MR) is 87.8 cm³/mol. The third-order valence-electron chi connectivity index (χ3n) is 3.45. The van der Waals surface area contributed by atoms with Gasteiger partial charge in [0.2, 0.25) is 0 Å². The Labute approximate surface area is 137 Å². The molecule has 2 nitrogen and oxygen atoms in total. The summed E-state index contributed by atoms with van der Waals surface area (Å²) < 4.78 is 0.640. The van der Waals surface area contributed by atoms with Crippen molar-refractivity contribution in [3.05, 3.63) is 68.1 Å². The maximum atomic E-state index is 12.6. The summed E-state index contributed by atoms with van der Waals surface area (Å²) in [4.78, 5) is 12.6. The van der Waals surface area contributed by atoms with E-state index >= 15 is 0 Å². The van der Waals surface area contributed by atoms with Gasteiger partial charge in [-0.05, 0) is 48.7 Å². The number of rotatable bonds is 3. The van der Waals surface area contributed by atoms with Crippen molar-refractivity contribution in [3.63, 3.8) is 0 Å². The topological polar surface area (TPSA) is 40.9 Å². The minimum absolute atomic E-state index is 0.255. The summed E-state index contributed by atoms with van der Waals surface area (Å²) >= 11 is 9.28. The minimum Gasteiger partial charge on any atom is -0.292 e. The monoisotopic (exact) mass is 361 g/mol. The molecule has 0 amide bonds. The Bertz CT molecular complexity index is 749. The number of ketones is 1. The Kier molecular flexibility index (Phi) is 4.82. The van der Waals surface area contributed by atoms with Gasteiger partial charge in [0.15, 0.2) is 5.78 Å². The molecular weight excluding hydrogens is 350 g/mol. The average molecular weight is 363 g/mol. The van der Waals surface area contributed by atoms with Crippen molar-refractivity contribution in [1.82, 2.24) is 0 Å². The van der Waals surface area contributed by atoms with Crippen LogP contribution in [-0.2, 0) is 0 Å². The number of halogens is 2. The van der Waals surface area contributed by atoms with Crippen LogP contribution < -0.4 is 0 Å². The van der Waals surface area contributed by atoms with Crippen LogP contribution in [0.15, 0.2) is 40.9 Å². The van der Waals surface area contributed by atoms with Gasteiger partial charge >= 0.3 is 0 Å². The predicted octanol–water partition coefficient (Wildman–Crippen LogP) is 5.21. The van der Waals surface area contributed by atoms with Gasteiger partial charge in [-0.2, -0.15) is 5.26 Å². The maximum Gasteiger partial charge on any atom is 0.185 e. The zero-order valence-electron chi connectivity index (χ0n) is 11.7. The van der Waals surface area contributed by atoms with E-state index in [-0.39, 0.29) is 5.78 Å². The summed E-state index contributed by atoms with van der Waals surface area (Å²) in [5, 5.41) is 9.88. The van der Waals surface area contributed by atoms with Crippen LogP contribution in [0, 0.1) is 25.2 Å². The fourth-order valence-corrected chi connectivity index (χ4v) is 2.68. The zero-order valence-corrected chi connectivity index (χ0v) is 14.0. The van der Waals surface area contributed by atoms with Crippen LogP contribution in [0.1, 0.15) is 33.0 Å². The highest BCUT2D eigenvalue weighted by atomic mass is 79.9. The Morgan fingerprint density at radius 3 is 2.52 bits per heavy atom. The lowest BCUT2D eigenvalue weighted by Crippen LogP contribution is -2.12. The van der Waals surface area contributed by atoms with Crippen LogP contribution in [0.4, 0.5) is 0 Å². The molecule has 1 atom stereocenters. The number of aryl methyl sites for hydroxylation is 2. The van der Waals surface area contributed by atoms with E-state index in [0.717, 1.165) is 11.1 Å². The van der Waals surface area contributed by atoms with Crippen LogP contribution in [0.3, 0.4) is 0 Å². The normalized spacial score (nSPS) is 11.8. The molecule has 0 radical (unpaired) electrons. The molecule has 0 aromatic heterocycles. The average Bonchev–Trinajstić information content (AvgIpc) is 2.46. The number of carbonyl (C=O) groups is 1. The highest BCUT2D eigenvalue weighted by Crippen LogP contribution is 2.28. The van der Waals surface area contributed by atoms with Crippen molar-refractivity contribution in [2.75, 3.05) is 0 Å². The van der Waals surface area contributed by atoms with E-state index in [1.165, 1.54) is 0 Å². The van der Waals surface area contributed by atoms with Gasteiger partial charge in [0.1, 0.15) is 5.92 Å². The van der Waals surface area contributed by atoms with Gasteiger partial charge in [-0.1, -0.05) is 45.7 Å². The van der Waals surface area contributed by atoms with E-state index in [1.807, 2.05) is 32.0 Å². The summed E-state index contributed by atoms with van der Waals surface area (Å²) in [5.74, 6) is -1.09. The van der Waals surface area contributed by atoms with Gasteiger partial charge in [-0.25, -0.2) is 0 Å². The second kappa shape index (κ2) is 6.43. The van der Waals surface area contributed by atoms with E-state index < -0.39 is 5.92 Å². The van der Waals surface area contributed by atoms with Crippen LogP contribution in [0.25, 0.3) is 0 Å². The summed E-state index contributed by atoms with van der Waals surface area (Å²) in [6.07, 6.45) is 0. The fraction of sp³-hybridized carbons (Fsp3) is 0.176. The first kappa shape index (κ1) is 15.8. The first-order valence-electron chi connectivity index (χ1n) is 6.40. The standard InChI is InChI=1S/C17H13BrClNO/c1-10-3-4-12(7-11(10)2)15(9-20)17(21)14-8-13(19)5-6-16(14)18/h3-8,15H,1-2H3. The van der Waals surface area contributed by atoms with Gasteiger partial charge < -0.3 is 0 Å². The summed E-state index contributed by atoms with van der Waals surface area (Å²) in [6, 6.07) is 12.7. The second-order valence-corrected chi connectivity index (χ2v) is 6.19. The van der Waals surface area contributed by atoms with Gasteiger partial charge in [-0.3, -0.25) is 4.79 Å². The molecule has 21 heavy (non-hydrogen) atoms. The maximum absolute atomic E-state index is 12.6.